The molecule has 0 spiro atoms. The number of rotatable bonds is 2. The summed E-state index contributed by atoms with van der Waals surface area (Å²) < 4.78 is 5.22. The van der Waals surface area contributed by atoms with Crippen molar-refractivity contribution in [1.82, 2.24) is 9.97 Å². The molecule has 8 nitrogen and oxygen atoms in total. The molecule has 1 aromatic carbocycles. The molecule has 1 aromatic heterocycles. The van der Waals surface area contributed by atoms with Crippen LogP contribution in [0.4, 0.5) is 0 Å². The summed E-state index contributed by atoms with van der Waals surface area (Å²) in [6.45, 7) is 0. The number of carbonyl (C=O) groups excluding carboxylic acids is 2. The van der Waals surface area contributed by atoms with E-state index in [-0.39, 0.29) is 35.4 Å². The number of hydrogen-bond donors (Lipinski definition) is 2. The van der Waals surface area contributed by atoms with Crippen LogP contribution in [0.25, 0.3) is 11.0 Å². The van der Waals surface area contributed by atoms with Gasteiger partial charge in [0.1, 0.15) is 22.7 Å². The molecule has 2 aromatic rings. The average Bonchev–Trinajstić information content (AvgIpc) is 2.64. The summed E-state index contributed by atoms with van der Waals surface area (Å²) in [6, 6.07) is 5.03. The molecule has 2 N–H and O–H groups in total. The average molecular weight is 354 g/mol. The van der Waals surface area contributed by atoms with E-state index in [4.69, 9.17) is 4.74 Å². The van der Waals surface area contributed by atoms with Gasteiger partial charge in [-0.1, -0.05) is 6.07 Å². The standard InChI is InChI=1S/C18H14N2O6/c1-26-11-4-2-3-10-12(11)20-14-13(19-10)15(21)8-5-6-18(25,17(23)24)7-9(8)16(14)22/h2-4,25H,5-7H2,1H3,(H,23,24). The summed E-state index contributed by atoms with van der Waals surface area (Å²) in [6.07, 6.45) is -0.558. The van der Waals surface area contributed by atoms with Gasteiger partial charge in [0.05, 0.1) is 12.6 Å². The molecule has 1 unspecified atom stereocenters. The van der Waals surface area contributed by atoms with Gasteiger partial charge in [-0.05, 0) is 25.0 Å². The highest BCUT2D eigenvalue weighted by molar-refractivity contribution is 6.26. The van der Waals surface area contributed by atoms with Crippen molar-refractivity contribution in [1.29, 1.82) is 0 Å². The number of fused-ring (bicyclic) bond motifs is 2. The number of aromatic nitrogens is 2. The lowest BCUT2D eigenvalue weighted by Gasteiger charge is -2.32. The first-order valence-corrected chi connectivity index (χ1v) is 7.97. The number of carboxylic acids is 1. The Hall–Kier alpha value is -3.13. The van der Waals surface area contributed by atoms with Gasteiger partial charge < -0.3 is 14.9 Å². The fraction of sp³-hybridized carbons (Fsp3) is 0.278. The first-order valence-electron chi connectivity index (χ1n) is 7.97. The number of aliphatic carboxylic acids is 1. The van der Waals surface area contributed by atoms with Crippen LogP contribution in [0.15, 0.2) is 29.3 Å². The van der Waals surface area contributed by atoms with Crippen LogP contribution in [0.5, 0.6) is 5.75 Å². The van der Waals surface area contributed by atoms with Gasteiger partial charge in [-0.15, -0.1) is 0 Å². The van der Waals surface area contributed by atoms with Crippen LogP contribution >= 0.6 is 0 Å². The second-order valence-electron chi connectivity index (χ2n) is 6.38. The van der Waals surface area contributed by atoms with E-state index in [9.17, 15) is 24.6 Å². The van der Waals surface area contributed by atoms with Crippen LogP contribution in [0.1, 0.15) is 40.2 Å². The highest BCUT2D eigenvalue weighted by Crippen LogP contribution is 2.39. The van der Waals surface area contributed by atoms with Crippen molar-refractivity contribution in [2.45, 2.75) is 24.9 Å². The molecule has 2 aliphatic carbocycles. The Labute approximate surface area is 147 Å². The number of hydrogen-bond acceptors (Lipinski definition) is 7. The number of carbonyl (C=O) groups is 3. The molecule has 0 radical (unpaired) electrons. The molecule has 1 heterocycles. The molecule has 1 atom stereocenters. The summed E-state index contributed by atoms with van der Waals surface area (Å²) in [4.78, 5) is 45.6. The fourth-order valence-corrected chi connectivity index (χ4v) is 3.44. The molecule has 132 valence electrons. The first kappa shape index (κ1) is 16.3. The topological polar surface area (TPSA) is 127 Å². The third-order valence-electron chi connectivity index (χ3n) is 4.88. The smallest absolute Gasteiger partial charge is 0.336 e. The summed E-state index contributed by atoms with van der Waals surface area (Å²) >= 11 is 0. The van der Waals surface area contributed by atoms with Crippen LogP contribution in [0.3, 0.4) is 0 Å². The molecular weight excluding hydrogens is 340 g/mol. The van der Waals surface area contributed by atoms with E-state index < -0.39 is 29.6 Å². The van der Waals surface area contributed by atoms with Crippen molar-refractivity contribution >= 4 is 28.6 Å². The van der Waals surface area contributed by atoms with Crippen molar-refractivity contribution in [3.63, 3.8) is 0 Å². The number of para-hydroxylation sites is 1. The molecule has 0 saturated heterocycles. The monoisotopic (exact) mass is 354 g/mol. The first-order chi connectivity index (χ1) is 12.4. The van der Waals surface area contributed by atoms with E-state index in [0.29, 0.717) is 16.8 Å². The zero-order valence-corrected chi connectivity index (χ0v) is 13.8. The Morgan fingerprint density at radius 3 is 2.54 bits per heavy atom. The highest BCUT2D eigenvalue weighted by atomic mass is 16.5. The number of ether oxygens (including phenoxy) is 1. The summed E-state index contributed by atoms with van der Waals surface area (Å²) in [5, 5.41) is 19.5. The van der Waals surface area contributed by atoms with E-state index in [1.165, 1.54) is 7.11 Å². The minimum Gasteiger partial charge on any atom is -0.494 e. The molecule has 26 heavy (non-hydrogen) atoms. The molecule has 0 saturated carbocycles. The van der Waals surface area contributed by atoms with Gasteiger partial charge in [-0.2, -0.15) is 0 Å². The minimum absolute atomic E-state index is 0.0000252. The van der Waals surface area contributed by atoms with E-state index in [2.05, 4.69) is 9.97 Å². The van der Waals surface area contributed by atoms with Gasteiger partial charge in [0.15, 0.2) is 5.60 Å². The lowest BCUT2D eigenvalue weighted by Crippen LogP contribution is -2.44. The van der Waals surface area contributed by atoms with Crippen LogP contribution < -0.4 is 4.74 Å². The Kier molecular flexibility index (Phi) is 3.42. The van der Waals surface area contributed by atoms with Crippen LogP contribution in [-0.2, 0) is 4.79 Å². The normalized spacial score (nSPS) is 22.2. The largest absolute Gasteiger partial charge is 0.494 e. The number of methoxy groups -OCH3 is 1. The van der Waals surface area contributed by atoms with Gasteiger partial charge in [0.25, 0.3) is 0 Å². The second-order valence-corrected chi connectivity index (χ2v) is 6.38. The SMILES string of the molecule is COc1cccc2nc3c(nc12)C(=O)C1=C(CCC(O)(C(=O)O)C1)C3=O. The maximum absolute atomic E-state index is 12.9. The Balaban J connectivity index is 1.90. The maximum Gasteiger partial charge on any atom is 0.336 e. The number of nitrogens with zero attached hydrogens (tertiary/aromatic N) is 2. The number of ketones is 2. The molecule has 2 aliphatic rings. The number of benzene rings is 1. The minimum atomic E-state index is -2.06. The Morgan fingerprint density at radius 2 is 1.85 bits per heavy atom. The van der Waals surface area contributed by atoms with E-state index >= 15 is 0 Å². The van der Waals surface area contributed by atoms with Gasteiger partial charge in [0.2, 0.25) is 11.6 Å². The number of carboxylic acid groups (broad SMARTS) is 1. The lowest BCUT2D eigenvalue weighted by atomic mass is 9.74. The van der Waals surface area contributed by atoms with Gasteiger partial charge in [-0.25, -0.2) is 14.8 Å². The molecule has 8 heteroatoms. The number of Topliss-reactive ketones (excluding diaryl/α,β-unsaturated/α-hetero) is 2. The fourth-order valence-electron chi connectivity index (χ4n) is 3.44. The molecule has 4 rings (SSSR count). The van der Waals surface area contributed by atoms with Crippen molar-refractivity contribution in [2.75, 3.05) is 7.11 Å². The van der Waals surface area contributed by atoms with E-state index in [1.54, 1.807) is 18.2 Å². The molecule has 0 bridgehead atoms. The van der Waals surface area contributed by atoms with Crippen molar-refractivity contribution in [3.05, 3.63) is 40.7 Å². The quantitative estimate of drug-likeness (QED) is 0.826. The summed E-state index contributed by atoms with van der Waals surface area (Å²) in [5.74, 6) is -2.03. The van der Waals surface area contributed by atoms with Crippen LogP contribution in [-0.4, -0.2) is 50.4 Å². The van der Waals surface area contributed by atoms with Crippen molar-refractivity contribution < 1.29 is 29.3 Å². The van der Waals surface area contributed by atoms with E-state index in [1.807, 2.05) is 0 Å². The molecular formula is C18H14N2O6. The predicted molar refractivity (Wildman–Crippen MR) is 88.2 cm³/mol. The zero-order chi connectivity index (χ0) is 18.6. The van der Waals surface area contributed by atoms with Crippen molar-refractivity contribution in [3.8, 4) is 5.75 Å². The van der Waals surface area contributed by atoms with Crippen molar-refractivity contribution in [2.24, 2.45) is 0 Å². The van der Waals surface area contributed by atoms with Gasteiger partial charge in [-0.3, -0.25) is 9.59 Å². The summed E-state index contributed by atoms with van der Waals surface area (Å²) in [5.41, 5.74) is -1.27. The Bertz CT molecular complexity index is 1040. The third-order valence-corrected chi connectivity index (χ3v) is 4.88. The van der Waals surface area contributed by atoms with Crippen LogP contribution in [0.2, 0.25) is 0 Å². The number of aliphatic hydroxyl groups is 1. The third kappa shape index (κ3) is 2.15. The van der Waals surface area contributed by atoms with Gasteiger partial charge in [0, 0.05) is 17.6 Å². The number of allylic oxidation sites excluding steroid dienone is 1. The summed E-state index contributed by atoms with van der Waals surface area (Å²) in [7, 11) is 1.46. The molecule has 0 amide bonds. The molecule has 0 fully saturated rings. The molecule has 0 aliphatic heterocycles. The van der Waals surface area contributed by atoms with Gasteiger partial charge >= 0.3 is 5.97 Å². The Morgan fingerprint density at radius 1 is 1.15 bits per heavy atom. The highest BCUT2D eigenvalue weighted by Gasteiger charge is 2.46. The zero-order valence-electron chi connectivity index (χ0n) is 13.8. The second kappa shape index (κ2) is 5.43. The lowest BCUT2D eigenvalue weighted by molar-refractivity contribution is -0.159. The van der Waals surface area contributed by atoms with E-state index in [0.717, 1.165) is 0 Å². The van der Waals surface area contributed by atoms with Crippen LogP contribution in [0, 0.1) is 0 Å². The predicted octanol–water partition coefficient (Wildman–Crippen LogP) is 1.31. The maximum atomic E-state index is 12.9.